The Balaban J connectivity index is 2.25. The van der Waals surface area contributed by atoms with Crippen molar-refractivity contribution in [3.63, 3.8) is 0 Å². The fraction of sp³-hybridized carbons (Fsp3) is 0.174. The van der Waals surface area contributed by atoms with Crippen molar-refractivity contribution < 1.29 is 9.90 Å². The standard InChI is InChI=1S/C23H22O2/c1-3-16-14-19(10-12-21(16)24)23(18-8-6-5-7-9-18)20-11-13-22(25)17(4-2)15-20/h5-15,24H,3-4H2,1-2H3/b23-20-. The molecule has 0 aliphatic heterocycles. The molecule has 2 heteroatoms. The SMILES string of the molecule is CCC1=C/C(=C(/c2ccccc2)c2ccc(O)c(CC)c2)C=CC1=O. The van der Waals surface area contributed by atoms with E-state index in [0.717, 1.165) is 39.8 Å². The Hall–Kier alpha value is -2.87. The van der Waals surface area contributed by atoms with Gasteiger partial charge in [0.15, 0.2) is 5.78 Å². The van der Waals surface area contributed by atoms with Gasteiger partial charge in [0.05, 0.1) is 0 Å². The first-order valence-electron chi connectivity index (χ1n) is 8.69. The first-order valence-corrected chi connectivity index (χ1v) is 8.69. The number of aryl methyl sites for hydroxylation is 1. The van der Waals surface area contributed by atoms with Crippen LogP contribution in [0.4, 0.5) is 0 Å². The van der Waals surface area contributed by atoms with Crippen molar-refractivity contribution in [2.45, 2.75) is 26.7 Å². The van der Waals surface area contributed by atoms with Gasteiger partial charge in [-0.15, -0.1) is 0 Å². The van der Waals surface area contributed by atoms with Gasteiger partial charge in [-0.3, -0.25) is 4.79 Å². The van der Waals surface area contributed by atoms with Crippen LogP contribution in [-0.2, 0) is 11.2 Å². The summed E-state index contributed by atoms with van der Waals surface area (Å²) < 4.78 is 0. The second-order valence-corrected chi connectivity index (χ2v) is 6.11. The molecule has 0 fully saturated rings. The maximum absolute atomic E-state index is 12.0. The molecule has 0 radical (unpaired) electrons. The predicted octanol–water partition coefficient (Wildman–Crippen LogP) is 5.23. The second-order valence-electron chi connectivity index (χ2n) is 6.11. The van der Waals surface area contributed by atoms with Crippen LogP contribution in [0.2, 0.25) is 0 Å². The predicted molar refractivity (Wildman–Crippen MR) is 102 cm³/mol. The van der Waals surface area contributed by atoms with Crippen molar-refractivity contribution in [1.82, 2.24) is 0 Å². The molecule has 2 aromatic carbocycles. The summed E-state index contributed by atoms with van der Waals surface area (Å²) in [5.41, 5.74) is 5.97. The maximum atomic E-state index is 12.0. The highest BCUT2D eigenvalue weighted by Crippen LogP contribution is 2.33. The molecule has 0 amide bonds. The minimum Gasteiger partial charge on any atom is -0.508 e. The lowest BCUT2D eigenvalue weighted by atomic mass is 9.88. The summed E-state index contributed by atoms with van der Waals surface area (Å²) >= 11 is 0. The molecule has 2 nitrogen and oxygen atoms in total. The van der Waals surface area contributed by atoms with Gasteiger partial charge in [0.25, 0.3) is 0 Å². The lowest BCUT2D eigenvalue weighted by molar-refractivity contribution is -0.111. The summed E-state index contributed by atoms with van der Waals surface area (Å²) in [5.74, 6) is 0.404. The van der Waals surface area contributed by atoms with Gasteiger partial charge >= 0.3 is 0 Å². The van der Waals surface area contributed by atoms with E-state index in [1.807, 2.05) is 56.3 Å². The topological polar surface area (TPSA) is 37.3 Å². The number of benzene rings is 2. The number of phenols is 1. The number of hydrogen-bond donors (Lipinski definition) is 1. The number of phenolic OH excluding ortho intramolecular Hbond substituents is 1. The molecular formula is C23H22O2. The van der Waals surface area contributed by atoms with Crippen LogP contribution in [0, 0.1) is 0 Å². The summed E-state index contributed by atoms with van der Waals surface area (Å²) in [4.78, 5) is 12.0. The van der Waals surface area contributed by atoms with Crippen LogP contribution in [0.5, 0.6) is 5.75 Å². The lowest BCUT2D eigenvalue weighted by Crippen LogP contribution is -2.04. The first-order chi connectivity index (χ1) is 12.1. The van der Waals surface area contributed by atoms with Crippen LogP contribution >= 0.6 is 0 Å². The Morgan fingerprint density at radius 2 is 1.68 bits per heavy atom. The molecule has 0 saturated heterocycles. The van der Waals surface area contributed by atoms with Crippen molar-refractivity contribution in [3.8, 4) is 5.75 Å². The van der Waals surface area contributed by atoms with Gasteiger partial charge < -0.3 is 5.11 Å². The van der Waals surface area contributed by atoms with E-state index in [4.69, 9.17) is 0 Å². The van der Waals surface area contributed by atoms with E-state index in [0.29, 0.717) is 12.2 Å². The van der Waals surface area contributed by atoms with Gasteiger partial charge in [-0.2, -0.15) is 0 Å². The van der Waals surface area contributed by atoms with Crippen molar-refractivity contribution in [3.05, 3.63) is 94.6 Å². The zero-order valence-corrected chi connectivity index (χ0v) is 14.6. The number of carbonyl (C=O) groups excluding carboxylic acids is 1. The van der Waals surface area contributed by atoms with E-state index < -0.39 is 0 Å². The Morgan fingerprint density at radius 1 is 0.920 bits per heavy atom. The van der Waals surface area contributed by atoms with Crippen LogP contribution in [0.1, 0.15) is 37.0 Å². The number of allylic oxidation sites excluding steroid dienone is 5. The van der Waals surface area contributed by atoms with Gasteiger partial charge in [-0.1, -0.05) is 56.3 Å². The number of carbonyl (C=O) groups is 1. The van der Waals surface area contributed by atoms with Crippen molar-refractivity contribution in [1.29, 1.82) is 0 Å². The molecule has 0 heterocycles. The van der Waals surface area contributed by atoms with Crippen molar-refractivity contribution in [2.24, 2.45) is 0 Å². The first kappa shape index (κ1) is 17.0. The zero-order chi connectivity index (χ0) is 17.8. The van der Waals surface area contributed by atoms with E-state index in [9.17, 15) is 9.90 Å². The molecule has 126 valence electrons. The summed E-state index contributed by atoms with van der Waals surface area (Å²) in [7, 11) is 0. The van der Waals surface area contributed by atoms with Crippen LogP contribution in [0.15, 0.2) is 77.9 Å². The molecule has 0 spiro atoms. The summed E-state index contributed by atoms with van der Waals surface area (Å²) in [5, 5.41) is 10.0. The van der Waals surface area contributed by atoms with E-state index >= 15 is 0 Å². The third-order valence-corrected chi connectivity index (χ3v) is 4.54. The van der Waals surface area contributed by atoms with Crippen molar-refractivity contribution in [2.75, 3.05) is 0 Å². The van der Waals surface area contributed by atoms with E-state index in [1.54, 1.807) is 12.1 Å². The highest BCUT2D eigenvalue weighted by molar-refractivity contribution is 6.07. The summed E-state index contributed by atoms with van der Waals surface area (Å²) in [6, 6.07) is 15.9. The molecule has 0 aromatic heterocycles. The third kappa shape index (κ3) is 3.48. The Morgan fingerprint density at radius 3 is 2.36 bits per heavy atom. The third-order valence-electron chi connectivity index (χ3n) is 4.54. The molecule has 0 atom stereocenters. The smallest absolute Gasteiger partial charge is 0.181 e. The van der Waals surface area contributed by atoms with E-state index in [1.165, 1.54) is 0 Å². The number of ketones is 1. The van der Waals surface area contributed by atoms with E-state index in [2.05, 4.69) is 12.1 Å². The van der Waals surface area contributed by atoms with Gasteiger partial charge in [0.2, 0.25) is 0 Å². The van der Waals surface area contributed by atoms with Crippen LogP contribution < -0.4 is 0 Å². The second kappa shape index (κ2) is 7.35. The molecule has 1 aliphatic carbocycles. The minimum absolute atomic E-state index is 0.0821. The monoisotopic (exact) mass is 330 g/mol. The molecule has 0 unspecified atom stereocenters. The molecule has 25 heavy (non-hydrogen) atoms. The Labute approximate surface area is 148 Å². The molecule has 0 bridgehead atoms. The Bertz CT molecular complexity index is 884. The molecular weight excluding hydrogens is 308 g/mol. The molecule has 2 aromatic rings. The molecule has 1 N–H and O–H groups in total. The Kier molecular flexibility index (Phi) is 4.99. The van der Waals surface area contributed by atoms with Gasteiger partial charge in [0.1, 0.15) is 5.75 Å². The molecule has 0 saturated carbocycles. The van der Waals surface area contributed by atoms with Gasteiger partial charge in [0, 0.05) is 0 Å². The quantitative estimate of drug-likeness (QED) is 0.833. The van der Waals surface area contributed by atoms with Gasteiger partial charge in [-0.25, -0.2) is 0 Å². The fourth-order valence-electron chi connectivity index (χ4n) is 3.14. The normalized spacial score (nSPS) is 15.9. The van der Waals surface area contributed by atoms with Gasteiger partial charge in [-0.05, 0) is 70.5 Å². The largest absolute Gasteiger partial charge is 0.508 e. The summed E-state index contributed by atoms with van der Waals surface area (Å²) in [6.45, 7) is 4.03. The molecule has 1 aliphatic rings. The highest BCUT2D eigenvalue weighted by Gasteiger charge is 2.16. The lowest BCUT2D eigenvalue weighted by Gasteiger charge is -2.16. The molecule has 3 rings (SSSR count). The van der Waals surface area contributed by atoms with Crippen molar-refractivity contribution >= 4 is 11.4 Å². The highest BCUT2D eigenvalue weighted by atomic mass is 16.3. The summed E-state index contributed by atoms with van der Waals surface area (Å²) in [6.07, 6.45) is 7.01. The average molecular weight is 330 g/mol. The average Bonchev–Trinajstić information content (AvgIpc) is 2.65. The van der Waals surface area contributed by atoms with Crippen LogP contribution in [-0.4, -0.2) is 10.9 Å². The van der Waals surface area contributed by atoms with Crippen LogP contribution in [0.25, 0.3) is 5.57 Å². The number of aromatic hydroxyl groups is 1. The number of rotatable bonds is 4. The zero-order valence-electron chi connectivity index (χ0n) is 14.6. The van der Waals surface area contributed by atoms with Crippen LogP contribution in [0.3, 0.4) is 0 Å². The maximum Gasteiger partial charge on any atom is 0.181 e. The number of hydrogen-bond acceptors (Lipinski definition) is 2. The fourth-order valence-corrected chi connectivity index (χ4v) is 3.14. The van der Waals surface area contributed by atoms with E-state index in [-0.39, 0.29) is 5.78 Å². The minimum atomic E-state index is 0.0821.